The summed E-state index contributed by atoms with van der Waals surface area (Å²) in [5.41, 5.74) is 5.30. The first kappa shape index (κ1) is 24.6. The number of aldehydes is 1. The molecule has 0 radical (unpaired) electrons. The van der Waals surface area contributed by atoms with Gasteiger partial charge in [0.2, 0.25) is 0 Å². The molecule has 0 heterocycles. The highest BCUT2D eigenvalue weighted by atomic mass is 16.1. The Morgan fingerprint density at radius 1 is 0.862 bits per heavy atom. The second-order valence-electron chi connectivity index (χ2n) is 7.72. The van der Waals surface area contributed by atoms with Crippen molar-refractivity contribution in [3.63, 3.8) is 0 Å². The third kappa shape index (κ3) is 11.9. The molecule has 0 N–H and O–H groups in total. The van der Waals surface area contributed by atoms with Crippen LogP contribution in [0.1, 0.15) is 66.2 Å². The monoisotopic (exact) mass is 390 g/mol. The van der Waals surface area contributed by atoms with Crippen molar-refractivity contribution in [1.29, 1.82) is 0 Å². The third-order valence-electron chi connectivity index (χ3n) is 5.17. The van der Waals surface area contributed by atoms with Gasteiger partial charge in [-0.15, -0.1) is 0 Å². The molecule has 0 aliphatic heterocycles. The van der Waals surface area contributed by atoms with Crippen LogP contribution in [0.2, 0.25) is 0 Å². The van der Waals surface area contributed by atoms with Crippen molar-refractivity contribution in [3.8, 4) is 0 Å². The first-order valence-corrected chi connectivity index (χ1v) is 10.9. The summed E-state index contributed by atoms with van der Waals surface area (Å²) in [6, 6.07) is 0. The second-order valence-corrected chi connectivity index (χ2v) is 7.72. The van der Waals surface area contributed by atoms with E-state index in [2.05, 4.69) is 101 Å². The van der Waals surface area contributed by atoms with Crippen LogP contribution >= 0.6 is 0 Å². The van der Waals surface area contributed by atoms with Crippen LogP contribution in [0.15, 0.2) is 95.2 Å². The molecular weight excluding hydrogens is 352 g/mol. The van der Waals surface area contributed by atoms with Gasteiger partial charge in [-0.05, 0) is 58.8 Å². The molecule has 0 aromatic rings. The number of carbonyl (C=O) groups excluding carboxylic acids is 1. The highest BCUT2D eigenvalue weighted by molar-refractivity contribution is 5.49. The summed E-state index contributed by atoms with van der Waals surface area (Å²) >= 11 is 0. The zero-order valence-electron chi connectivity index (χ0n) is 18.7. The van der Waals surface area contributed by atoms with Crippen LogP contribution in [0.4, 0.5) is 0 Å². The van der Waals surface area contributed by atoms with E-state index in [0.29, 0.717) is 12.3 Å². The summed E-state index contributed by atoms with van der Waals surface area (Å²) in [7, 11) is 0. The minimum absolute atomic E-state index is 0.509. The molecule has 1 rings (SSSR count). The molecule has 1 heteroatoms. The minimum Gasteiger partial charge on any atom is -0.303 e. The van der Waals surface area contributed by atoms with Crippen molar-refractivity contribution in [2.45, 2.75) is 66.2 Å². The Kier molecular flexibility index (Phi) is 13.2. The molecule has 0 fully saturated rings. The van der Waals surface area contributed by atoms with Gasteiger partial charge in [-0.3, -0.25) is 0 Å². The minimum atomic E-state index is 0.509. The lowest BCUT2D eigenvalue weighted by atomic mass is 9.95. The highest BCUT2D eigenvalue weighted by Crippen LogP contribution is 2.18. The third-order valence-corrected chi connectivity index (χ3v) is 5.17. The van der Waals surface area contributed by atoms with Crippen molar-refractivity contribution >= 4 is 6.29 Å². The molecule has 1 aliphatic carbocycles. The number of allylic oxidation sites excluding steroid dienone is 16. The fourth-order valence-corrected chi connectivity index (χ4v) is 3.22. The van der Waals surface area contributed by atoms with Gasteiger partial charge >= 0.3 is 0 Å². The molecule has 1 nitrogen and oxygen atoms in total. The van der Waals surface area contributed by atoms with E-state index < -0.39 is 0 Å². The average Bonchev–Trinajstić information content (AvgIpc) is 2.71. The van der Waals surface area contributed by atoms with Crippen LogP contribution in [0.5, 0.6) is 0 Å². The molecule has 29 heavy (non-hydrogen) atoms. The molecule has 1 atom stereocenters. The van der Waals surface area contributed by atoms with Gasteiger partial charge in [0.05, 0.1) is 0 Å². The van der Waals surface area contributed by atoms with Gasteiger partial charge in [-0.1, -0.05) is 102 Å². The summed E-state index contributed by atoms with van der Waals surface area (Å²) in [6.45, 7) is 8.68. The van der Waals surface area contributed by atoms with Gasteiger partial charge in [0.15, 0.2) is 0 Å². The molecule has 0 aromatic carbocycles. The standard InChI is InChI=1S/C28H38O/c1-5-28-22-12-17-25(3)16-8-11-20-27(21-13-23-29)19-10-7-15-24(2)14-6-9-18-26(28)4/h6-12,14-18,23,27H,5,13,19-22H2,1-4H3/b10-7+,11-8+,14-6+,17-12+,18-9+,24-15+,25-16-,28-26-. The second kappa shape index (κ2) is 15.5. The molecule has 0 saturated carbocycles. The molecule has 156 valence electrons. The van der Waals surface area contributed by atoms with Crippen LogP contribution in [0.25, 0.3) is 0 Å². The van der Waals surface area contributed by atoms with Gasteiger partial charge in [0.1, 0.15) is 6.29 Å². The molecule has 0 spiro atoms. The van der Waals surface area contributed by atoms with Crippen molar-refractivity contribution < 1.29 is 4.79 Å². The molecular formula is C28H38O. The summed E-state index contributed by atoms with van der Waals surface area (Å²) < 4.78 is 0. The fraction of sp³-hybridized carbons (Fsp3) is 0.393. The van der Waals surface area contributed by atoms with E-state index in [0.717, 1.165) is 38.4 Å². The van der Waals surface area contributed by atoms with Crippen LogP contribution < -0.4 is 0 Å². The summed E-state index contributed by atoms with van der Waals surface area (Å²) in [6.07, 6.45) is 32.7. The molecule has 0 saturated heterocycles. The van der Waals surface area contributed by atoms with E-state index in [1.807, 2.05) is 0 Å². The van der Waals surface area contributed by atoms with Crippen molar-refractivity contribution in [2.75, 3.05) is 0 Å². The average molecular weight is 391 g/mol. The lowest BCUT2D eigenvalue weighted by molar-refractivity contribution is -0.108. The molecule has 1 aliphatic rings. The van der Waals surface area contributed by atoms with Crippen LogP contribution in [0.3, 0.4) is 0 Å². The highest BCUT2D eigenvalue weighted by Gasteiger charge is 2.04. The Labute approximate surface area is 178 Å². The molecule has 1 unspecified atom stereocenters. The van der Waals surface area contributed by atoms with E-state index in [1.165, 1.54) is 22.3 Å². The van der Waals surface area contributed by atoms with Crippen molar-refractivity contribution in [1.82, 2.24) is 0 Å². The lowest BCUT2D eigenvalue weighted by Gasteiger charge is -2.10. The first-order chi connectivity index (χ1) is 14.1. The summed E-state index contributed by atoms with van der Waals surface area (Å²) in [5.74, 6) is 0.509. The fourth-order valence-electron chi connectivity index (χ4n) is 3.22. The van der Waals surface area contributed by atoms with Crippen LogP contribution in [-0.4, -0.2) is 6.29 Å². The van der Waals surface area contributed by atoms with Gasteiger partial charge < -0.3 is 4.79 Å². The maximum atomic E-state index is 10.8. The number of rotatable bonds is 4. The summed E-state index contributed by atoms with van der Waals surface area (Å²) in [4.78, 5) is 10.8. The Balaban J connectivity index is 3.04. The van der Waals surface area contributed by atoms with Crippen molar-refractivity contribution in [3.05, 3.63) is 95.2 Å². The van der Waals surface area contributed by atoms with Gasteiger partial charge in [0, 0.05) is 6.42 Å². The maximum Gasteiger partial charge on any atom is 0.120 e. The van der Waals surface area contributed by atoms with Gasteiger partial charge in [0.25, 0.3) is 0 Å². The predicted molar refractivity (Wildman–Crippen MR) is 129 cm³/mol. The number of carbonyl (C=O) groups is 1. The maximum absolute atomic E-state index is 10.8. The van der Waals surface area contributed by atoms with E-state index in [-0.39, 0.29) is 0 Å². The Bertz CT molecular complexity index is 732. The topological polar surface area (TPSA) is 17.1 Å². The van der Waals surface area contributed by atoms with E-state index in [4.69, 9.17) is 0 Å². The largest absolute Gasteiger partial charge is 0.303 e. The quantitative estimate of drug-likeness (QED) is 0.442. The molecule has 0 bridgehead atoms. The number of hydrogen-bond acceptors (Lipinski definition) is 1. The van der Waals surface area contributed by atoms with Crippen LogP contribution in [0, 0.1) is 5.92 Å². The smallest absolute Gasteiger partial charge is 0.120 e. The van der Waals surface area contributed by atoms with Gasteiger partial charge in [-0.25, -0.2) is 0 Å². The van der Waals surface area contributed by atoms with Crippen molar-refractivity contribution in [2.24, 2.45) is 5.92 Å². The van der Waals surface area contributed by atoms with E-state index in [1.54, 1.807) is 0 Å². The zero-order valence-corrected chi connectivity index (χ0v) is 18.7. The first-order valence-electron chi connectivity index (χ1n) is 10.9. The predicted octanol–water partition coefficient (Wildman–Crippen LogP) is 8.17. The Morgan fingerprint density at radius 3 is 2.10 bits per heavy atom. The Hall–Kier alpha value is -2.41. The van der Waals surface area contributed by atoms with E-state index >= 15 is 0 Å². The van der Waals surface area contributed by atoms with E-state index in [9.17, 15) is 4.79 Å². The Morgan fingerprint density at radius 2 is 1.48 bits per heavy atom. The number of hydrogen-bond donors (Lipinski definition) is 0. The normalized spacial score (nSPS) is 31.4. The molecule has 0 amide bonds. The lowest BCUT2D eigenvalue weighted by Crippen LogP contribution is -1.98. The van der Waals surface area contributed by atoms with Crippen LogP contribution in [-0.2, 0) is 4.79 Å². The zero-order chi connectivity index (χ0) is 21.3. The van der Waals surface area contributed by atoms with Gasteiger partial charge in [-0.2, -0.15) is 0 Å². The summed E-state index contributed by atoms with van der Waals surface area (Å²) in [5, 5.41) is 0. The molecule has 0 aromatic heterocycles. The SMILES string of the molecule is CC/C1=C(C)/C=C/C=C/C(C)=C/C=C/CC(CCC=O)C/C=C/C=C(C)\C=C\C1.